The third kappa shape index (κ3) is 3.27. The third-order valence-electron chi connectivity index (χ3n) is 3.57. The minimum Gasteiger partial charge on any atom is -0.481 e. The van der Waals surface area contributed by atoms with Gasteiger partial charge in [0.05, 0.1) is 5.92 Å². The van der Waals surface area contributed by atoms with Crippen LogP contribution in [0, 0.1) is 0 Å². The normalized spacial score (nSPS) is 12.1. The second-order valence-corrected chi connectivity index (χ2v) is 4.99. The predicted molar refractivity (Wildman–Crippen MR) is 81.8 cm³/mol. The fraction of sp³-hybridized carbons (Fsp3) is 0.278. The van der Waals surface area contributed by atoms with E-state index in [9.17, 15) is 9.90 Å². The van der Waals surface area contributed by atoms with Crippen LogP contribution in [0.3, 0.4) is 0 Å². The van der Waals surface area contributed by atoms with Crippen molar-refractivity contribution in [3.63, 3.8) is 0 Å². The van der Waals surface area contributed by atoms with E-state index in [-0.39, 0.29) is 0 Å². The first-order valence-electron chi connectivity index (χ1n) is 7.11. The summed E-state index contributed by atoms with van der Waals surface area (Å²) in [5.74, 6) is -1.16. The van der Waals surface area contributed by atoms with Crippen LogP contribution in [0.4, 0.5) is 0 Å². The molecular weight excluding hydrogens is 248 g/mol. The van der Waals surface area contributed by atoms with Gasteiger partial charge in [-0.2, -0.15) is 0 Å². The fourth-order valence-electron chi connectivity index (χ4n) is 2.50. The van der Waals surface area contributed by atoms with Crippen molar-refractivity contribution < 1.29 is 9.90 Å². The number of aliphatic carboxylic acids is 1. The number of unbranched alkanes of at least 4 members (excludes halogenated alkanes) is 1. The number of benzene rings is 2. The summed E-state index contributed by atoms with van der Waals surface area (Å²) in [6.45, 7) is 2.09. The van der Waals surface area contributed by atoms with Gasteiger partial charge in [0.25, 0.3) is 0 Å². The second kappa shape index (κ2) is 6.90. The molecule has 0 aliphatic rings. The van der Waals surface area contributed by atoms with Gasteiger partial charge in [0, 0.05) is 0 Å². The maximum atomic E-state index is 11.6. The van der Waals surface area contributed by atoms with Crippen LogP contribution in [0.5, 0.6) is 0 Å². The number of hydrogen-bond acceptors (Lipinski definition) is 1. The van der Waals surface area contributed by atoms with E-state index in [1.54, 1.807) is 0 Å². The Morgan fingerprint density at radius 3 is 2.35 bits per heavy atom. The molecule has 0 heterocycles. The molecule has 0 aliphatic heterocycles. The Hall–Kier alpha value is -2.09. The summed E-state index contributed by atoms with van der Waals surface area (Å²) in [6, 6.07) is 17.8. The Morgan fingerprint density at radius 1 is 1.05 bits per heavy atom. The lowest BCUT2D eigenvalue weighted by atomic mass is 9.87. The summed E-state index contributed by atoms with van der Waals surface area (Å²) in [7, 11) is 0. The van der Waals surface area contributed by atoms with Crippen molar-refractivity contribution in [2.45, 2.75) is 32.1 Å². The number of carboxylic acid groups (broad SMARTS) is 1. The van der Waals surface area contributed by atoms with Gasteiger partial charge in [-0.25, -0.2) is 0 Å². The van der Waals surface area contributed by atoms with Gasteiger partial charge in [-0.15, -0.1) is 0 Å². The van der Waals surface area contributed by atoms with E-state index in [4.69, 9.17) is 0 Å². The molecule has 2 heteroatoms. The molecule has 2 nitrogen and oxygen atoms in total. The molecule has 104 valence electrons. The van der Waals surface area contributed by atoms with Gasteiger partial charge in [0.15, 0.2) is 0 Å². The summed E-state index contributed by atoms with van der Waals surface area (Å²) >= 11 is 0. The van der Waals surface area contributed by atoms with E-state index < -0.39 is 11.9 Å². The van der Waals surface area contributed by atoms with Crippen LogP contribution in [0.15, 0.2) is 54.6 Å². The maximum absolute atomic E-state index is 11.6. The molecule has 2 aromatic rings. The largest absolute Gasteiger partial charge is 0.481 e. The molecule has 2 aromatic carbocycles. The molecule has 2 rings (SSSR count). The van der Waals surface area contributed by atoms with Crippen LogP contribution >= 0.6 is 0 Å². The van der Waals surface area contributed by atoms with Crippen LogP contribution in [0.25, 0.3) is 11.1 Å². The predicted octanol–water partition coefficient (Wildman–Crippen LogP) is 4.71. The zero-order valence-corrected chi connectivity index (χ0v) is 11.8. The maximum Gasteiger partial charge on any atom is 0.310 e. The highest BCUT2D eigenvalue weighted by Crippen LogP contribution is 2.32. The van der Waals surface area contributed by atoms with Crippen molar-refractivity contribution in [2.75, 3.05) is 0 Å². The Balaban J connectivity index is 2.42. The van der Waals surface area contributed by atoms with Crippen LogP contribution in [0.1, 0.15) is 37.7 Å². The third-order valence-corrected chi connectivity index (χ3v) is 3.57. The SMILES string of the molecule is CCCCC(C(=O)O)c1ccccc1-c1ccccc1. The first-order chi connectivity index (χ1) is 9.74. The lowest BCUT2D eigenvalue weighted by molar-refractivity contribution is -0.139. The molecule has 0 amide bonds. The van der Waals surface area contributed by atoms with Gasteiger partial charge in [-0.3, -0.25) is 4.79 Å². The number of rotatable bonds is 6. The highest BCUT2D eigenvalue weighted by Gasteiger charge is 2.22. The first-order valence-corrected chi connectivity index (χ1v) is 7.11. The highest BCUT2D eigenvalue weighted by atomic mass is 16.4. The summed E-state index contributed by atoms with van der Waals surface area (Å²) in [5.41, 5.74) is 3.02. The van der Waals surface area contributed by atoms with E-state index in [0.717, 1.165) is 29.5 Å². The Kier molecular flexibility index (Phi) is 4.94. The Bertz CT molecular complexity index is 561. The minimum absolute atomic E-state index is 0.425. The van der Waals surface area contributed by atoms with Crippen molar-refractivity contribution in [2.24, 2.45) is 0 Å². The molecular formula is C18H20O2. The molecule has 0 aliphatic carbocycles. The fourth-order valence-corrected chi connectivity index (χ4v) is 2.50. The van der Waals surface area contributed by atoms with E-state index in [2.05, 4.69) is 6.92 Å². The van der Waals surface area contributed by atoms with E-state index in [1.165, 1.54) is 0 Å². The zero-order valence-electron chi connectivity index (χ0n) is 11.8. The molecule has 20 heavy (non-hydrogen) atoms. The van der Waals surface area contributed by atoms with Crippen LogP contribution in [0.2, 0.25) is 0 Å². The molecule has 0 saturated heterocycles. The molecule has 0 aromatic heterocycles. The van der Waals surface area contributed by atoms with E-state index in [0.29, 0.717) is 6.42 Å². The lowest BCUT2D eigenvalue weighted by Gasteiger charge is -2.17. The Morgan fingerprint density at radius 2 is 1.70 bits per heavy atom. The van der Waals surface area contributed by atoms with E-state index >= 15 is 0 Å². The molecule has 0 spiro atoms. The minimum atomic E-state index is -0.734. The van der Waals surface area contributed by atoms with Crippen molar-refractivity contribution in [3.8, 4) is 11.1 Å². The monoisotopic (exact) mass is 268 g/mol. The second-order valence-electron chi connectivity index (χ2n) is 4.99. The molecule has 1 atom stereocenters. The topological polar surface area (TPSA) is 37.3 Å². The van der Waals surface area contributed by atoms with Gasteiger partial charge >= 0.3 is 5.97 Å². The molecule has 1 N–H and O–H groups in total. The number of carboxylic acids is 1. The molecule has 0 fully saturated rings. The quantitative estimate of drug-likeness (QED) is 0.823. The van der Waals surface area contributed by atoms with Gasteiger partial charge < -0.3 is 5.11 Å². The van der Waals surface area contributed by atoms with Crippen LogP contribution in [-0.2, 0) is 4.79 Å². The smallest absolute Gasteiger partial charge is 0.310 e. The zero-order chi connectivity index (χ0) is 14.4. The molecule has 0 radical (unpaired) electrons. The van der Waals surface area contributed by atoms with Crippen molar-refractivity contribution in [1.29, 1.82) is 0 Å². The van der Waals surface area contributed by atoms with Crippen molar-refractivity contribution in [3.05, 3.63) is 60.2 Å². The van der Waals surface area contributed by atoms with Gasteiger partial charge in [-0.1, -0.05) is 74.4 Å². The average molecular weight is 268 g/mol. The summed E-state index contributed by atoms with van der Waals surface area (Å²) < 4.78 is 0. The van der Waals surface area contributed by atoms with Crippen LogP contribution < -0.4 is 0 Å². The number of hydrogen-bond donors (Lipinski definition) is 1. The highest BCUT2D eigenvalue weighted by molar-refractivity contribution is 5.81. The molecule has 0 bridgehead atoms. The molecule has 1 unspecified atom stereocenters. The summed E-state index contributed by atoms with van der Waals surface area (Å²) in [5, 5.41) is 9.52. The Labute approximate surface area is 120 Å². The van der Waals surface area contributed by atoms with Crippen LogP contribution in [-0.4, -0.2) is 11.1 Å². The summed E-state index contributed by atoms with van der Waals surface area (Å²) in [6.07, 6.45) is 2.63. The average Bonchev–Trinajstić information content (AvgIpc) is 2.49. The van der Waals surface area contributed by atoms with Crippen molar-refractivity contribution >= 4 is 5.97 Å². The summed E-state index contributed by atoms with van der Waals surface area (Å²) in [4.78, 5) is 11.6. The van der Waals surface area contributed by atoms with Gasteiger partial charge in [0.1, 0.15) is 0 Å². The van der Waals surface area contributed by atoms with E-state index in [1.807, 2.05) is 54.6 Å². The first kappa shape index (κ1) is 14.3. The molecule has 0 saturated carbocycles. The van der Waals surface area contributed by atoms with Gasteiger partial charge in [-0.05, 0) is 23.1 Å². The lowest BCUT2D eigenvalue weighted by Crippen LogP contribution is -2.12. The number of carbonyl (C=O) groups is 1. The van der Waals surface area contributed by atoms with Gasteiger partial charge in [0.2, 0.25) is 0 Å². The van der Waals surface area contributed by atoms with Crippen molar-refractivity contribution in [1.82, 2.24) is 0 Å². The standard InChI is InChI=1S/C18H20O2/c1-2-3-11-17(18(19)20)16-13-8-7-12-15(16)14-9-5-4-6-10-14/h4-10,12-13,17H,2-3,11H2,1H3,(H,19,20).